The van der Waals surface area contributed by atoms with Crippen molar-refractivity contribution in [3.8, 4) is 0 Å². The van der Waals surface area contributed by atoms with Gasteiger partial charge in [0.2, 0.25) is 0 Å². The molecule has 1 heterocycles. The molecule has 90 valence electrons. The maximum absolute atomic E-state index is 5.83. The summed E-state index contributed by atoms with van der Waals surface area (Å²) in [7, 11) is 0. The van der Waals surface area contributed by atoms with Gasteiger partial charge in [0.05, 0.1) is 11.0 Å². The highest BCUT2D eigenvalue weighted by Crippen LogP contribution is 2.34. The van der Waals surface area contributed by atoms with Crippen LogP contribution in [0.4, 0.5) is 5.69 Å². The van der Waals surface area contributed by atoms with E-state index >= 15 is 0 Å². The number of aromatic nitrogens is 2. The van der Waals surface area contributed by atoms with E-state index in [1.807, 2.05) is 12.1 Å². The van der Waals surface area contributed by atoms with Gasteiger partial charge in [-0.1, -0.05) is 19.8 Å². The highest BCUT2D eigenvalue weighted by Gasteiger charge is 2.21. The van der Waals surface area contributed by atoms with E-state index in [0.717, 1.165) is 17.6 Å². The number of rotatable bonds is 2. The Morgan fingerprint density at radius 2 is 2.12 bits per heavy atom. The quantitative estimate of drug-likeness (QED) is 0.803. The molecule has 3 heteroatoms. The zero-order chi connectivity index (χ0) is 11.8. The third-order valence-corrected chi connectivity index (χ3v) is 3.79. The van der Waals surface area contributed by atoms with Crippen LogP contribution in [0.15, 0.2) is 18.2 Å². The lowest BCUT2D eigenvalue weighted by Gasteiger charge is -2.15. The second kappa shape index (κ2) is 4.06. The first-order chi connectivity index (χ1) is 8.29. The van der Waals surface area contributed by atoms with Crippen LogP contribution in [-0.4, -0.2) is 9.55 Å². The molecule has 3 nitrogen and oxygen atoms in total. The van der Waals surface area contributed by atoms with Crippen LogP contribution in [0, 0.1) is 0 Å². The average Bonchev–Trinajstić information content (AvgIpc) is 2.93. The predicted molar refractivity (Wildman–Crippen MR) is 71.0 cm³/mol. The fraction of sp³-hybridized carbons (Fsp3) is 0.500. The predicted octanol–water partition coefficient (Wildman–Crippen LogP) is 3.30. The van der Waals surface area contributed by atoms with Crippen molar-refractivity contribution in [1.29, 1.82) is 0 Å². The molecule has 0 amide bonds. The molecule has 17 heavy (non-hydrogen) atoms. The molecule has 0 spiro atoms. The molecule has 0 saturated heterocycles. The summed E-state index contributed by atoms with van der Waals surface area (Å²) in [6, 6.07) is 6.74. The van der Waals surface area contributed by atoms with Gasteiger partial charge in [0.15, 0.2) is 0 Å². The van der Waals surface area contributed by atoms with E-state index in [1.54, 1.807) is 0 Å². The first-order valence-electron chi connectivity index (χ1n) is 6.56. The number of fused-ring (bicyclic) bond motifs is 1. The summed E-state index contributed by atoms with van der Waals surface area (Å²) in [6.07, 6.45) is 6.28. The number of hydrogen-bond acceptors (Lipinski definition) is 2. The first kappa shape index (κ1) is 10.6. The highest BCUT2D eigenvalue weighted by atomic mass is 15.1. The second-order valence-electron chi connectivity index (χ2n) is 4.94. The highest BCUT2D eigenvalue weighted by molar-refractivity contribution is 5.79. The van der Waals surface area contributed by atoms with Crippen molar-refractivity contribution in [2.24, 2.45) is 0 Å². The van der Waals surface area contributed by atoms with E-state index in [2.05, 4.69) is 17.6 Å². The molecule has 1 aliphatic rings. The Balaban J connectivity index is 2.19. The number of nitrogens with two attached hydrogens (primary N) is 1. The number of nitrogen functional groups attached to an aromatic ring is 1. The Labute approximate surface area is 102 Å². The number of nitrogens with zero attached hydrogens (tertiary/aromatic N) is 2. The third kappa shape index (κ3) is 1.70. The minimum Gasteiger partial charge on any atom is -0.399 e. The third-order valence-electron chi connectivity index (χ3n) is 3.79. The maximum Gasteiger partial charge on any atom is 0.109 e. The molecule has 0 aliphatic heterocycles. The molecule has 0 radical (unpaired) electrons. The van der Waals surface area contributed by atoms with Crippen LogP contribution in [0.25, 0.3) is 11.0 Å². The van der Waals surface area contributed by atoms with E-state index in [-0.39, 0.29) is 0 Å². The normalized spacial score (nSPS) is 17.0. The molecular weight excluding hydrogens is 210 g/mol. The summed E-state index contributed by atoms with van der Waals surface area (Å²) in [4.78, 5) is 4.72. The van der Waals surface area contributed by atoms with Gasteiger partial charge in [-0.3, -0.25) is 0 Å². The maximum atomic E-state index is 5.83. The second-order valence-corrected chi connectivity index (χ2v) is 4.94. The first-order valence-corrected chi connectivity index (χ1v) is 6.56. The van der Waals surface area contributed by atoms with E-state index in [9.17, 15) is 0 Å². The smallest absolute Gasteiger partial charge is 0.109 e. The molecule has 1 fully saturated rings. The molecule has 0 atom stereocenters. The van der Waals surface area contributed by atoms with Gasteiger partial charge in [-0.15, -0.1) is 0 Å². The van der Waals surface area contributed by atoms with Crippen molar-refractivity contribution < 1.29 is 0 Å². The molecule has 1 aliphatic carbocycles. The Kier molecular flexibility index (Phi) is 2.54. The summed E-state index contributed by atoms with van der Waals surface area (Å²) in [5, 5.41) is 0. The molecule has 0 unspecified atom stereocenters. The van der Waals surface area contributed by atoms with E-state index in [1.165, 1.54) is 37.0 Å². The van der Waals surface area contributed by atoms with Crippen molar-refractivity contribution in [3.63, 3.8) is 0 Å². The molecular formula is C14H19N3. The summed E-state index contributed by atoms with van der Waals surface area (Å²) in [5.74, 6) is 1.21. The van der Waals surface area contributed by atoms with Crippen LogP contribution in [0.5, 0.6) is 0 Å². The van der Waals surface area contributed by atoms with E-state index in [0.29, 0.717) is 6.04 Å². The zero-order valence-corrected chi connectivity index (χ0v) is 10.3. The summed E-state index contributed by atoms with van der Waals surface area (Å²) < 4.78 is 2.45. The van der Waals surface area contributed by atoms with Crippen molar-refractivity contribution in [2.45, 2.75) is 45.1 Å². The van der Waals surface area contributed by atoms with Crippen molar-refractivity contribution in [1.82, 2.24) is 9.55 Å². The van der Waals surface area contributed by atoms with E-state index < -0.39 is 0 Å². The number of anilines is 1. The summed E-state index contributed by atoms with van der Waals surface area (Å²) in [6.45, 7) is 2.18. The van der Waals surface area contributed by atoms with Crippen LogP contribution in [0.1, 0.15) is 44.5 Å². The fourth-order valence-corrected chi connectivity index (χ4v) is 2.98. The average molecular weight is 229 g/mol. The van der Waals surface area contributed by atoms with Gasteiger partial charge in [0.1, 0.15) is 5.82 Å². The molecule has 1 aromatic carbocycles. The van der Waals surface area contributed by atoms with Gasteiger partial charge < -0.3 is 10.3 Å². The van der Waals surface area contributed by atoms with Gasteiger partial charge in [0.25, 0.3) is 0 Å². The molecule has 0 bridgehead atoms. The molecule has 1 saturated carbocycles. The lowest BCUT2D eigenvalue weighted by atomic mass is 10.2. The number of imidazole rings is 1. The van der Waals surface area contributed by atoms with E-state index in [4.69, 9.17) is 10.7 Å². The summed E-state index contributed by atoms with van der Waals surface area (Å²) in [5.41, 5.74) is 8.93. The van der Waals surface area contributed by atoms with Gasteiger partial charge in [-0.05, 0) is 31.0 Å². The van der Waals surface area contributed by atoms with Crippen LogP contribution in [0.2, 0.25) is 0 Å². The van der Waals surface area contributed by atoms with Crippen LogP contribution in [0.3, 0.4) is 0 Å². The Bertz CT molecular complexity index is 536. The van der Waals surface area contributed by atoms with Crippen LogP contribution < -0.4 is 5.73 Å². The van der Waals surface area contributed by atoms with Crippen molar-refractivity contribution >= 4 is 16.7 Å². The zero-order valence-electron chi connectivity index (χ0n) is 10.3. The lowest BCUT2D eigenvalue weighted by Crippen LogP contribution is -2.08. The molecule has 3 rings (SSSR count). The SMILES string of the molecule is CCc1nc2cc(N)ccc2n1C1CCCC1. The van der Waals surface area contributed by atoms with Crippen LogP contribution in [-0.2, 0) is 6.42 Å². The molecule has 2 aromatic rings. The summed E-state index contributed by atoms with van der Waals surface area (Å²) >= 11 is 0. The molecule has 1 aromatic heterocycles. The fourth-order valence-electron chi connectivity index (χ4n) is 2.98. The minimum absolute atomic E-state index is 0.651. The number of hydrogen-bond donors (Lipinski definition) is 1. The van der Waals surface area contributed by atoms with Gasteiger partial charge in [-0.2, -0.15) is 0 Å². The Hall–Kier alpha value is -1.51. The van der Waals surface area contributed by atoms with Crippen molar-refractivity contribution in [2.75, 3.05) is 5.73 Å². The minimum atomic E-state index is 0.651. The standard InChI is InChI=1S/C14H19N3/c1-2-14-16-12-9-10(15)7-8-13(12)17(14)11-5-3-4-6-11/h7-9,11H,2-6,15H2,1H3. The Morgan fingerprint density at radius 3 is 2.82 bits per heavy atom. The number of benzene rings is 1. The van der Waals surface area contributed by atoms with Gasteiger partial charge in [-0.25, -0.2) is 4.98 Å². The number of aryl methyl sites for hydroxylation is 1. The largest absolute Gasteiger partial charge is 0.399 e. The Morgan fingerprint density at radius 1 is 1.35 bits per heavy atom. The molecule has 2 N–H and O–H groups in total. The lowest BCUT2D eigenvalue weighted by molar-refractivity contribution is 0.513. The monoisotopic (exact) mass is 229 g/mol. The van der Waals surface area contributed by atoms with Crippen molar-refractivity contribution in [3.05, 3.63) is 24.0 Å². The van der Waals surface area contributed by atoms with Gasteiger partial charge in [0, 0.05) is 18.2 Å². The van der Waals surface area contributed by atoms with Crippen LogP contribution >= 0.6 is 0 Å². The van der Waals surface area contributed by atoms with Gasteiger partial charge >= 0.3 is 0 Å². The topological polar surface area (TPSA) is 43.8 Å².